The van der Waals surface area contributed by atoms with Gasteiger partial charge in [-0.3, -0.25) is 4.90 Å². The largest absolute Gasteiger partial charge is 0.329 e. The van der Waals surface area contributed by atoms with E-state index < -0.39 is 0 Å². The van der Waals surface area contributed by atoms with Gasteiger partial charge in [0, 0.05) is 25.7 Å². The SMILES string of the molecule is CCCCN(CC)CC1CCCCN1CCN. The molecule has 1 atom stereocenters. The van der Waals surface area contributed by atoms with Crippen LogP contribution in [0.25, 0.3) is 0 Å². The second-order valence-corrected chi connectivity index (χ2v) is 5.22. The lowest BCUT2D eigenvalue weighted by Crippen LogP contribution is -2.48. The number of piperidine rings is 1. The lowest BCUT2D eigenvalue weighted by Gasteiger charge is -2.38. The second kappa shape index (κ2) is 8.90. The second-order valence-electron chi connectivity index (χ2n) is 5.22. The first kappa shape index (κ1) is 14.9. The van der Waals surface area contributed by atoms with Gasteiger partial charge in [0.05, 0.1) is 0 Å². The fraction of sp³-hybridized carbons (Fsp3) is 1.00. The van der Waals surface area contributed by atoms with Crippen molar-refractivity contribution in [1.29, 1.82) is 0 Å². The van der Waals surface area contributed by atoms with Crippen molar-refractivity contribution in [3.05, 3.63) is 0 Å². The molecule has 102 valence electrons. The van der Waals surface area contributed by atoms with Crippen molar-refractivity contribution < 1.29 is 0 Å². The summed E-state index contributed by atoms with van der Waals surface area (Å²) >= 11 is 0. The van der Waals surface area contributed by atoms with Crippen molar-refractivity contribution in [3.8, 4) is 0 Å². The lowest BCUT2D eigenvalue weighted by molar-refractivity contribution is 0.108. The fourth-order valence-electron chi connectivity index (χ4n) is 2.79. The summed E-state index contributed by atoms with van der Waals surface area (Å²) in [6.07, 6.45) is 6.75. The van der Waals surface area contributed by atoms with Gasteiger partial charge >= 0.3 is 0 Å². The molecule has 0 amide bonds. The average molecular weight is 241 g/mol. The van der Waals surface area contributed by atoms with E-state index >= 15 is 0 Å². The third-order valence-corrected chi connectivity index (χ3v) is 3.91. The third-order valence-electron chi connectivity index (χ3n) is 3.91. The zero-order valence-corrected chi connectivity index (χ0v) is 11.8. The molecular formula is C14H31N3. The molecule has 0 spiro atoms. The summed E-state index contributed by atoms with van der Waals surface area (Å²) in [5, 5.41) is 0. The molecule has 3 nitrogen and oxygen atoms in total. The van der Waals surface area contributed by atoms with Crippen LogP contribution >= 0.6 is 0 Å². The summed E-state index contributed by atoms with van der Waals surface area (Å²) in [5.74, 6) is 0. The predicted octanol–water partition coefficient (Wildman–Crippen LogP) is 1.92. The minimum absolute atomic E-state index is 0.754. The summed E-state index contributed by atoms with van der Waals surface area (Å²) in [4.78, 5) is 5.22. The maximum absolute atomic E-state index is 5.71. The number of likely N-dealkylation sites (tertiary alicyclic amines) is 1. The van der Waals surface area contributed by atoms with Crippen LogP contribution in [0.1, 0.15) is 46.0 Å². The smallest absolute Gasteiger partial charge is 0.0223 e. The lowest BCUT2D eigenvalue weighted by atomic mass is 10.0. The molecule has 1 aliphatic heterocycles. The molecule has 1 unspecified atom stereocenters. The van der Waals surface area contributed by atoms with Crippen molar-refractivity contribution in [2.75, 3.05) is 39.3 Å². The first-order chi connectivity index (χ1) is 8.31. The van der Waals surface area contributed by atoms with Crippen molar-refractivity contribution >= 4 is 0 Å². The Balaban J connectivity index is 2.38. The highest BCUT2D eigenvalue weighted by atomic mass is 15.2. The monoisotopic (exact) mass is 241 g/mol. The minimum atomic E-state index is 0.754. The predicted molar refractivity (Wildman–Crippen MR) is 75.3 cm³/mol. The van der Waals surface area contributed by atoms with E-state index in [9.17, 15) is 0 Å². The fourth-order valence-corrected chi connectivity index (χ4v) is 2.79. The minimum Gasteiger partial charge on any atom is -0.329 e. The van der Waals surface area contributed by atoms with E-state index in [1.54, 1.807) is 0 Å². The number of nitrogens with zero attached hydrogens (tertiary/aromatic N) is 2. The van der Waals surface area contributed by atoms with E-state index in [1.165, 1.54) is 58.3 Å². The molecule has 0 aliphatic carbocycles. The highest BCUT2D eigenvalue weighted by molar-refractivity contribution is 4.80. The molecular weight excluding hydrogens is 210 g/mol. The molecule has 3 heteroatoms. The molecule has 1 rings (SSSR count). The van der Waals surface area contributed by atoms with Crippen LogP contribution in [-0.4, -0.2) is 55.1 Å². The molecule has 1 heterocycles. The number of nitrogens with two attached hydrogens (primary N) is 1. The summed E-state index contributed by atoms with van der Waals surface area (Å²) in [7, 11) is 0. The summed E-state index contributed by atoms with van der Waals surface area (Å²) in [6.45, 7) is 11.4. The Morgan fingerprint density at radius 1 is 1.29 bits per heavy atom. The van der Waals surface area contributed by atoms with Crippen LogP contribution in [0.4, 0.5) is 0 Å². The maximum atomic E-state index is 5.71. The topological polar surface area (TPSA) is 32.5 Å². The van der Waals surface area contributed by atoms with Crippen LogP contribution in [0, 0.1) is 0 Å². The quantitative estimate of drug-likeness (QED) is 0.705. The van der Waals surface area contributed by atoms with Gasteiger partial charge in [0.2, 0.25) is 0 Å². The van der Waals surface area contributed by atoms with Crippen LogP contribution in [0.15, 0.2) is 0 Å². The van der Waals surface area contributed by atoms with Crippen LogP contribution in [-0.2, 0) is 0 Å². The van der Waals surface area contributed by atoms with Crippen molar-refractivity contribution in [1.82, 2.24) is 9.80 Å². The van der Waals surface area contributed by atoms with Crippen LogP contribution in [0.3, 0.4) is 0 Å². The first-order valence-electron chi connectivity index (χ1n) is 7.48. The Morgan fingerprint density at radius 3 is 2.76 bits per heavy atom. The Labute approximate surface area is 107 Å². The van der Waals surface area contributed by atoms with E-state index in [4.69, 9.17) is 5.73 Å². The summed E-state index contributed by atoms with van der Waals surface area (Å²) in [5.41, 5.74) is 5.71. The molecule has 0 saturated carbocycles. The molecule has 1 aliphatic rings. The number of likely N-dealkylation sites (N-methyl/N-ethyl adjacent to an activating group) is 1. The van der Waals surface area contributed by atoms with E-state index in [1.807, 2.05) is 0 Å². The molecule has 1 saturated heterocycles. The zero-order chi connectivity index (χ0) is 12.5. The van der Waals surface area contributed by atoms with Gasteiger partial charge in [0.1, 0.15) is 0 Å². The third kappa shape index (κ3) is 5.36. The number of unbranched alkanes of at least 4 members (excludes halogenated alkanes) is 1. The maximum Gasteiger partial charge on any atom is 0.0223 e. The summed E-state index contributed by atoms with van der Waals surface area (Å²) < 4.78 is 0. The van der Waals surface area contributed by atoms with Crippen LogP contribution in [0.5, 0.6) is 0 Å². The van der Waals surface area contributed by atoms with Gasteiger partial charge in [0.15, 0.2) is 0 Å². The van der Waals surface area contributed by atoms with Gasteiger partial charge in [-0.2, -0.15) is 0 Å². The van der Waals surface area contributed by atoms with Crippen LogP contribution < -0.4 is 5.73 Å². The van der Waals surface area contributed by atoms with Gasteiger partial charge < -0.3 is 10.6 Å². The number of hydrogen-bond donors (Lipinski definition) is 1. The summed E-state index contributed by atoms with van der Waals surface area (Å²) in [6, 6.07) is 0.754. The first-order valence-corrected chi connectivity index (χ1v) is 7.48. The molecule has 17 heavy (non-hydrogen) atoms. The Morgan fingerprint density at radius 2 is 2.12 bits per heavy atom. The Kier molecular flexibility index (Phi) is 7.82. The van der Waals surface area contributed by atoms with Crippen LogP contribution in [0.2, 0.25) is 0 Å². The molecule has 0 aromatic rings. The van der Waals surface area contributed by atoms with Gasteiger partial charge in [-0.05, 0) is 38.9 Å². The average Bonchev–Trinajstić information content (AvgIpc) is 2.36. The van der Waals surface area contributed by atoms with E-state index in [0.29, 0.717) is 0 Å². The molecule has 0 radical (unpaired) electrons. The van der Waals surface area contributed by atoms with Crippen molar-refractivity contribution in [2.45, 2.75) is 52.0 Å². The number of rotatable bonds is 8. The van der Waals surface area contributed by atoms with E-state index in [-0.39, 0.29) is 0 Å². The van der Waals surface area contributed by atoms with Gasteiger partial charge in [-0.1, -0.05) is 26.7 Å². The van der Waals surface area contributed by atoms with E-state index in [0.717, 1.165) is 19.1 Å². The normalized spacial score (nSPS) is 22.2. The van der Waals surface area contributed by atoms with Gasteiger partial charge in [0.25, 0.3) is 0 Å². The van der Waals surface area contributed by atoms with Gasteiger partial charge in [-0.15, -0.1) is 0 Å². The van der Waals surface area contributed by atoms with Crippen molar-refractivity contribution in [2.24, 2.45) is 5.73 Å². The standard InChI is InChI=1S/C14H31N3/c1-3-5-10-16(4-2)13-14-8-6-7-11-17(14)12-9-15/h14H,3-13,15H2,1-2H3. The zero-order valence-electron chi connectivity index (χ0n) is 11.8. The highest BCUT2D eigenvalue weighted by Gasteiger charge is 2.23. The Hall–Kier alpha value is -0.120. The molecule has 1 fully saturated rings. The molecule has 2 N–H and O–H groups in total. The molecule has 0 aromatic heterocycles. The molecule has 0 bridgehead atoms. The van der Waals surface area contributed by atoms with Crippen molar-refractivity contribution in [3.63, 3.8) is 0 Å². The highest BCUT2D eigenvalue weighted by Crippen LogP contribution is 2.17. The molecule has 0 aromatic carbocycles. The van der Waals surface area contributed by atoms with Gasteiger partial charge in [-0.25, -0.2) is 0 Å². The van der Waals surface area contributed by atoms with E-state index in [2.05, 4.69) is 23.6 Å². The number of hydrogen-bond acceptors (Lipinski definition) is 3. The Bertz CT molecular complexity index is 182.